The van der Waals surface area contributed by atoms with Crippen LogP contribution in [0.3, 0.4) is 0 Å². The van der Waals surface area contributed by atoms with Crippen molar-refractivity contribution in [2.45, 2.75) is 113 Å². The summed E-state index contributed by atoms with van der Waals surface area (Å²) in [4.78, 5) is 11.5. The molecule has 1 saturated heterocycles. The Labute approximate surface area is 243 Å². The maximum absolute atomic E-state index is 11.8. The molecule has 6 nitrogen and oxygen atoms in total. The van der Waals surface area contributed by atoms with E-state index in [2.05, 4.69) is 70.3 Å². The van der Waals surface area contributed by atoms with Gasteiger partial charge < -0.3 is 0 Å². The van der Waals surface area contributed by atoms with E-state index < -0.39 is 14.4 Å². The van der Waals surface area contributed by atoms with E-state index in [1.54, 1.807) is 0 Å². The van der Waals surface area contributed by atoms with Gasteiger partial charge in [-0.05, 0) is 0 Å². The second-order valence-corrected chi connectivity index (χ2v) is 20.2. The summed E-state index contributed by atoms with van der Waals surface area (Å²) in [5.41, 5.74) is 0. The van der Waals surface area contributed by atoms with Crippen molar-refractivity contribution in [2.24, 2.45) is 5.92 Å². The Kier molecular flexibility index (Phi) is 12.3. The zero-order valence-corrected chi connectivity index (χ0v) is 27.5. The molecule has 5 atom stereocenters. The van der Waals surface area contributed by atoms with Crippen LogP contribution < -0.4 is 4.46 Å². The van der Waals surface area contributed by atoms with E-state index in [-0.39, 0.29) is 48.6 Å². The number of carbonyl (C=O) groups is 1. The van der Waals surface area contributed by atoms with Crippen LogP contribution in [0.5, 0.6) is 0 Å². The number of rotatable bonds is 13. The zero-order valence-electron chi connectivity index (χ0n) is 24.8. The van der Waals surface area contributed by atoms with E-state index in [1.807, 2.05) is 6.07 Å². The molecule has 2 fully saturated rings. The van der Waals surface area contributed by atoms with E-state index in [4.69, 9.17) is 18.6 Å². The normalized spacial score (nSPS) is 28.2. The van der Waals surface area contributed by atoms with E-state index in [0.29, 0.717) is 19.4 Å². The minimum atomic E-state index is -2.02. The number of aliphatic hydroxyl groups excluding tert-OH is 1. The Morgan fingerprint density at radius 1 is 1.21 bits per heavy atom. The quantitative estimate of drug-likeness (QED) is 0.130. The van der Waals surface area contributed by atoms with Crippen molar-refractivity contribution in [3.8, 4) is 0 Å². The number of benzene rings is 1. The number of hydrogen-bond donors (Lipinski definition) is 1. The Hall–Kier alpha value is -0.994. The molecule has 1 saturated carbocycles. The molecule has 1 aliphatic carbocycles. The summed E-state index contributed by atoms with van der Waals surface area (Å²) >= 11 is -0.00295. The number of allylic oxidation sites excluding steroid dienone is 2. The first-order valence-corrected chi connectivity index (χ1v) is 19.2. The molecule has 0 amide bonds. The number of hydrogen-bond acceptors (Lipinski definition) is 6. The summed E-state index contributed by atoms with van der Waals surface area (Å²) in [6.45, 7) is 12.7. The standard InChI is InChI=1S/C31H50O6SeSi/c1-30(2,3)39(5,6)36-23-25-26(37-29-19-13-15-21-35-29)22-27(32)31(25,38-24-16-10-9-11-17-24)20-14-8-7-12-18-28(33)34-4/h8-11,14,16-17,25-27,29,32H,7,12-13,15,18-23H2,1-6H3/b14-8-/t25-,26+,27-,29?,31-/m0/s1. The first-order valence-electron chi connectivity index (χ1n) is 14.5. The van der Waals surface area contributed by atoms with Crippen molar-refractivity contribution in [3.63, 3.8) is 0 Å². The topological polar surface area (TPSA) is 74.2 Å². The molecule has 0 radical (unpaired) electrons. The molecular formula is C31H50O6SeSi. The summed E-state index contributed by atoms with van der Waals surface area (Å²) in [6.07, 6.45) is 9.95. The van der Waals surface area contributed by atoms with E-state index in [0.717, 1.165) is 45.1 Å². The van der Waals surface area contributed by atoms with Crippen LogP contribution in [0.2, 0.25) is 22.4 Å². The molecule has 1 aromatic carbocycles. The number of aliphatic hydroxyl groups is 1. The molecule has 220 valence electrons. The summed E-state index contributed by atoms with van der Waals surface area (Å²) < 4.78 is 25.2. The minimum absolute atomic E-state index is 0.00295. The molecule has 1 aliphatic heterocycles. The predicted octanol–water partition coefficient (Wildman–Crippen LogP) is 5.78. The second-order valence-electron chi connectivity index (χ2n) is 12.4. The molecule has 3 rings (SSSR count). The van der Waals surface area contributed by atoms with Gasteiger partial charge in [0.2, 0.25) is 0 Å². The average molecular weight is 626 g/mol. The fourth-order valence-corrected chi connectivity index (χ4v) is 9.31. The zero-order chi connectivity index (χ0) is 28.5. The molecule has 2 aliphatic rings. The van der Waals surface area contributed by atoms with Crippen LogP contribution >= 0.6 is 0 Å². The van der Waals surface area contributed by atoms with Crippen LogP contribution in [0.4, 0.5) is 0 Å². The molecule has 0 spiro atoms. The van der Waals surface area contributed by atoms with Crippen molar-refractivity contribution in [3.05, 3.63) is 42.5 Å². The summed E-state index contributed by atoms with van der Waals surface area (Å²) in [5.74, 6) is -0.127. The molecule has 1 unspecified atom stereocenters. The number of unbranched alkanes of at least 4 members (excludes halogenated alkanes) is 1. The Morgan fingerprint density at radius 2 is 1.95 bits per heavy atom. The van der Waals surface area contributed by atoms with Crippen LogP contribution in [0, 0.1) is 5.92 Å². The molecule has 39 heavy (non-hydrogen) atoms. The predicted molar refractivity (Wildman–Crippen MR) is 160 cm³/mol. The van der Waals surface area contributed by atoms with Crippen molar-refractivity contribution in [1.29, 1.82) is 0 Å². The molecule has 0 bridgehead atoms. The second kappa shape index (κ2) is 14.8. The molecule has 1 heterocycles. The van der Waals surface area contributed by atoms with E-state index in [9.17, 15) is 9.90 Å². The average Bonchev–Trinajstić information content (AvgIpc) is 3.14. The fraction of sp³-hybridized carbons (Fsp3) is 0.710. The van der Waals surface area contributed by atoms with E-state index >= 15 is 0 Å². The van der Waals surface area contributed by atoms with Gasteiger partial charge in [0.25, 0.3) is 0 Å². The van der Waals surface area contributed by atoms with Gasteiger partial charge in [-0.15, -0.1) is 0 Å². The summed E-state index contributed by atoms with van der Waals surface area (Å²) in [6, 6.07) is 10.6. The maximum atomic E-state index is 11.8. The van der Waals surface area contributed by atoms with E-state index in [1.165, 1.54) is 11.6 Å². The molecule has 1 aromatic rings. The first-order chi connectivity index (χ1) is 18.5. The van der Waals surface area contributed by atoms with Gasteiger partial charge >= 0.3 is 244 Å². The fourth-order valence-electron chi connectivity index (χ4n) is 5.10. The van der Waals surface area contributed by atoms with Crippen molar-refractivity contribution in [1.82, 2.24) is 0 Å². The third-order valence-electron chi connectivity index (χ3n) is 8.62. The Morgan fingerprint density at radius 3 is 2.59 bits per heavy atom. The number of ether oxygens (including phenoxy) is 3. The van der Waals surface area contributed by atoms with Crippen molar-refractivity contribution >= 4 is 33.7 Å². The van der Waals surface area contributed by atoms with Crippen molar-refractivity contribution < 1.29 is 28.5 Å². The van der Waals surface area contributed by atoms with Gasteiger partial charge in [-0.25, -0.2) is 0 Å². The molecule has 1 N–H and O–H groups in total. The number of methoxy groups -OCH3 is 1. The van der Waals surface area contributed by atoms with Gasteiger partial charge in [-0.2, -0.15) is 0 Å². The van der Waals surface area contributed by atoms with Gasteiger partial charge in [0.05, 0.1) is 0 Å². The van der Waals surface area contributed by atoms with Crippen LogP contribution in [0.15, 0.2) is 42.5 Å². The Bertz CT molecular complexity index is 911. The monoisotopic (exact) mass is 626 g/mol. The van der Waals surface area contributed by atoms with Crippen LogP contribution in [-0.4, -0.2) is 73.2 Å². The molecule has 8 heteroatoms. The molecule has 0 aromatic heterocycles. The summed E-state index contributed by atoms with van der Waals surface area (Å²) in [7, 11) is -0.589. The van der Waals surface area contributed by atoms with Crippen molar-refractivity contribution in [2.75, 3.05) is 20.3 Å². The third-order valence-corrected chi connectivity index (χ3v) is 16.5. The summed E-state index contributed by atoms with van der Waals surface area (Å²) in [5, 5.41) is 11.9. The van der Waals surface area contributed by atoms with Gasteiger partial charge in [0, 0.05) is 0 Å². The first kappa shape index (κ1) is 32.5. The van der Waals surface area contributed by atoms with Gasteiger partial charge in [-0.3, -0.25) is 0 Å². The SMILES string of the molecule is COC(=O)CCC/C=C\C[C@@]1([Se]c2ccccc2)[C@@H](O)C[C@@H](OC2CCCCO2)[C@@H]1CO[Si](C)(C)C(C)(C)C. The van der Waals surface area contributed by atoms with Gasteiger partial charge in [0.1, 0.15) is 0 Å². The van der Waals surface area contributed by atoms with Gasteiger partial charge in [0.15, 0.2) is 0 Å². The van der Waals surface area contributed by atoms with Crippen LogP contribution in [-0.2, 0) is 23.4 Å². The third kappa shape index (κ3) is 8.99. The number of esters is 1. The van der Waals surface area contributed by atoms with Crippen LogP contribution in [0.1, 0.15) is 72.1 Å². The molecular weight excluding hydrogens is 575 g/mol. The van der Waals surface area contributed by atoms with Crippen LogP contribution in [0.25, 0.3) is 0 Å². The number of carbonyl (C=O) groups excluding carboxylic acids is 1. The van der Waals surface area contributed by atoms with Gasteiger partial charge in [-0.1, -0.05) is 0 Å². The Balaban J connectivity index is 1.88.